The van der Waals surface area contributed by atoms with Crippen LogP contribution in [-0.2, 0) is 16.1 Å². The molecule has 1 aromatic carbocycles. The minimum atomic E-state index is -0.326. The van der Waals surface area contributed by atoms with Gasteiger partial charge in [0.15, 0.2) is 0 Å². The number of hydrogen-bond donors (Lipinski definition) is 1. The monoisotopic (exact) mass is 320 g/mol. The van der Waals surface area contributed by atoms with Gasteiger partial charge in [0.05, 0.1) is 0 Å². The van der Waals surface area contributed by atoms with Crippen LogP contribution >= 0.6 is 0 Å². The van der Waals surface area contributed by atoms with E-state index in [1.807, 2.05) is 6.92 Å². The van der Waals surface area contributed by atoms with Crippen LogP contribution in [0.3, 0.4) is 0 Å². The summed E-state index contributed by atoms with van der Waals surface area (Å²) >= 11 is 0. The molecule has 0 unspecified atom stereocenters. The van der Waals surface area contributed by atoms with Crippen molar-refractivity contribution < 1.29 is 14.0 Å². The average molecular weight is 320 g/mol. The van der Waals surface area contributed by atoms with Gasteiger partial charge in [0.25, 0.3) is 0 Å². The first-order valence-corrected chi connectivity index (χ1v) is 7.97. The summed E-state index contributed by atoms with van der Waals surface area (Å²) in [5.41, 5.74) is 0.475. The summed E-state index contributed by atoms with van der Waals surface area (Å²) < 4.78 is 13.7. The van der Waals surface area contributed by atoms with Crippen molar-refractivity contribution in [1.82, 2.24) is 10.2 Å². The molecule has 0 heterocycles. The van der Waals surface area contributed by atoms with E-state index < -0.39 is 0 Å². The second-order valence-electron chi connectivity index (χ2n) is 5.36. The molecule has 0 aliphatic rings. The van der Waals surface area contributed by atoms with Gasteiger partial charge in [-0.1, -0.05) is 31.2 Å². The van der Waals surface area contributed by atoms with Crippen molar-refractivity contribution in [3.8, 4) is 0 Å². The van der Waals surface area contributed by atoms with Crippen LogP contribution in [0.4, 0.5) is 4.39 Å². The van der Waals surface area contributed by atoms with Crippen LogP contribution in [0.15, 0.2) is 36.9 Å². The summed E-state index contributed by atoms with van der Waals surface area (Å²) in [6.45, 7) is 6.84. The fraction of sp³-hybridized carbons (Fsp3) is 0.444. The Morgan fingerprint density at radius 1 is 1.30 bits per heavy atom. The first kappa shape index (κ1) is 18.9. The third-order valence-electron chi connectivity index (χ3n) is 3.39. The third-order valence-corrected chi connectivity index (χ3v) is 3.39. The molecule has 0 aromatic heterocycles. The smallest absolute Gasteiger partial charge is 0.223 e. The number of carbonyl (C=O) groups excluding carboxylic acids is 2. The van der Waals surface area contributed by atoms with E-state index in [9.17, 15) is 14.0 Å². The SMILES string of the molecule is C=CCN(Cc1ccccc1F)C(=O)CCCC(=O)NCCC. The van der Waals surface area contributed by atoms with Gasteiger partial charge < -0.3 is 10.2 Å². The molecule has 0 aliphatic carbocycles. The van der Waals surface area contributed by atoms with Crippen molar-refractivity contribution >= 4 is 11.8 Å². The number of halogens is 1. The van der Waals surface area contributed by atoms with Crippen LogP contribution in [0.1, 0.15) is 38.2 Å². The van der Waals surface area contributed by atoms with Gasteiger partial charge in [0, 0.05) is 38.0 Å². The van der Waals surface area contributed by atoms with Crippen LogP contribution in [-0.4, -0.2) is 29.8 Å². The van der Waals surface area contributed by atoms with Crippen molar-refractivity contribution in [2.24, 2.45) is 0 Å². The highest BCUT2D eigenvalue weighted by molar-refractivity contribution is 5.79. The number of rotatable bonds is 10. The van der Waals surface area contributed by atoms with Crippen molar-refractivity contribution in [1.29, 1.82) is 0 Å². The molecule has 0 fully saturated rings. The lowest BCUT2D eigenvalue weighted by atomic mass is 10.1. The Bertz CT molecular complexity index is 532. The van der Waals surface area contributed by atoms with Gasteiger partial charge in [0.2, 0.25) is 11.8 Å². The van der Waals surface area contributed by atoms with E-state index in [0.717, 1.165) is 6.42 Å². The number of benzene rings is 1. The normalized spacial score (nSPS) is 10.2. The number of nitrogens with one attached hydrogen (secondary N) is 1. The van der Waals surface area contributed by atoms with E-state index in [-0.39, 0.29) is 30.6 Å². The molecular weight excluding hydrogens is 295 g/mol. The molecule has 126 valence electrons. The highest BCUT2D eigenvalue weighted by atomic mass is 19.1. The summed E-state index contributed by atoms with van der Waals surface area (Å²) in [4.78, 5) is 25.3. The minimum Gasteiger partial charge on any atom is -0.356 e. The highest BCUT2D eigenvalue weighted by Gasteiger charge is 2.15. The summed E-state index contributed by atoms with van der Waals surface area (Å²) in [6.07, 6.45) is 3.58. The lowest BCUT2D eigenvalue weighted by molar-refractivity contribution is -0.131. The van der Waals surface area contributed by atoms with Gasteiger partial charge in [-0.25, -0.2) is 4.39 Å². The van der Waals surface area contributed by atoms with Gasteiger partial charge in [-0.2, -0.15) is 0 Å². The number of hydrogen-bond acceptors (Lipinski definition) is 2. The lowest BCUT2D eigenvalue weighted by Crippen LogP contribution is -2.31. The summed E-state index contributed by atoms with van der Waals surface area (Å²) in [5, 5.41) is 2.78. The molecule has 2 amide bonds. The zero-order chi connectivity index (χ0) is 17.1. The maximum atomic E-state index is 13.7. The quantitative estimate of drug-likeness (QED) is 0.674. The molecule has 0 spiro atoms. The number of carbonyl (C=O) groups is 2. The lowest BCUT2D eigenvalue weighted by Gasteiger charge is -2.21. The van der Waals surface area contributed by atoms with Gasteiger partial charge in [-0.15, -0.1) is 6.58 Å². The minimum absolute atomic E-state index is 0.0379. The van der Waals surface area contributed by atoms with E-state index in [0.29, 0.717) is 31.5 Å². The van der Waals surface area contributed by atoms with E-state index in [4.69, 9.17) is 0 Å². The van der Waals surface area contributed by atoms with Crippen LogP contribution in [0.5, 0.6) is 0 Å². The Morgan fingerprint density at radius 3 is 2.70 bits per heavy atom. The average Bonchev–Trinajstić information content (AvgIpc) is 2.54. The Hall–Kier alpha value is -2.17. The van der Waals surface area contributed by atoms with Crippen LogP contribution in [0.2, 0.25) is 0 Å². The summed E-state index contributed by atoms with van der Waals surface area (Å²) in [5.74, 6) is -0.464. The van der Waals surface area contributed by atoms with Crippen molar-refractivity contribution in [2.45, 2.75) is 39.2 Å². The van der Waals surface area contributed by atoms with Gasteiger partial charge in [0.1, 0.15) is 5.82 Å². The second-order valence-corrected chi connectivity index (χ2v) is 5.36. The largest absolute Gasteiger partial charge is 0.356 e. The number of nitrogens with zero attached hydrogens (tertiary/aromatic N) is 1. The molecule has 1 N–H and O–H groups in total. The maximum Gasteiger partial charge on any atom is 0.223 e. The molecule has 4 nitrogen and oxygen atoms in total. The van der Waals surface area contributed by atoms with Crippen molar-refractivity contribution in [3.05, 3.63) is 48.3 Å². The molecule has 5 heteroatoms. The Kier molecular flexibility index (Phi) is 8.65. The Morgan fingerprint density at radius 2 is 2.04 bits per heavy atom. The second kappa shape index (κ2) is 10.5. The number of amides is 2. The fourth-order valence-corrected chi connectivity index (χ4v) is 2.15. The maximum absolute atomic E-state index is 13.7. The molecule has 0 bridgehead atoms. The van der Waals surface area contributed by atoms with Crippen molar-refractivity contribution in [3.63, 3.8) is 0 Å². The highest BCUT2D eigenvalue weighted by Crippen LogP contribution is 2.12. The predicted molar refractivity (Wildman–Crippen MR) is 89.2 cm³/mol. The van der Waals surface area contributed by atoms with E-state index in [2.05, 4.69) is 11.9 Å². The molecule has 0 saturated carbocycles. The zero-order valence-corrected chi connectivity index (χ0v) is 13.7. The predicted octanol–water partition coefficient (Wildman–Crippen LogP) is 3.04. The summed E-state index contributed by atoms with van der Waals surface area (Å²) in [6, 6.07) is 6.40. The first-order valence-electron chi connectivity index (χ1n) is 7.97. The van der Waals surface area contributed by atoms with Crippen LogP contribution in [0, 0.1) is 5.82 Å². The van der Waals surface area contributed by atoms with E-state index in [1.165, 1.54) is 6.07 Å². The summed E-state index contributed by atoms with van der Waals surface area (Å²) in [7, 11) is 0. The molecule has 1 rings (SSSR count). The molecular formula is C18H25FN2O2. The molecule has 0 saturated heterocycles. The van der Waals surface area contributed by atoms with Crippen LogP contribution in [0.25, 0.3) is 0 Å². The van der Waals surface area contributed by atoms with Crippen molar-refractivity contribution in [2.75, 3.05) is 13.1 Å². The molecule has 0 radical (unpaired) electrons. The standard InChI is InChI=1S/C18H25FN2O2/c1-3-12-20-17(22)10-7-11-18(23)21(13-4-2)14-15-8-5-6-9-16(15)19/h4-6,8-9H,2-3,7,10-14H2,1H3,(H,20,22). The van der Waals surface area contributed by atoms with Gasteiger partial charge >= 0.3 is 0 Å². The molecule has 0 aliphatic heterocycles. The Balaban J connectivity index is 2.50. The molecule has 0 atom stereocenters. The topological polar surface area (TPSA) is 49.4 Å². The van der Waals surface area contributed by atoms with Gasteiger partial charge in [-0.3, -0.25) is 9.59 Å². The zero-order valence-electron chi connectivity index (χ0n) is 13.7. The molecule has 1 aromatic rings. The van der Waals surface area contributed by atoms with Crippen LogP contribution < -0.4 is 5.32 Å². The van der Waals surface area contributed by atoms with E-state index in [1.54, 1.807) is 29.2 Å². The third kappa shape index (κ3) is 7.08. The first-order chi connectivity index (χ1) is 11.1. The fourth-order valence-electron chi connectivity index (χ4n) is 2.15. The molecule has 23 heavy (non-hydrogen) atoms. The van der Waals surface area contributed by atoms with E-state index >= 15 is 0 Å². The van der Waals surface area contributed by atoms with Gasteiger partial charge in [-0.05, 0) is 18.9 Å². The Labute approximate surface area is 137 Å².